The summed E-state index contributed by atoms with van der Waals surface area (Å²) in [5, 5.41) is 20.5. The van der Waals surface area contributed by atoms with Gasteiger partial charge in [-0.05, 0) is 42.7 Å². The molecule has 0 atom stereocenters. The van der Waals surface area contributed by atoms with Crippen LogP contribution in [0.1, 0.15) is 28.8 Å². The molecule has 0 saturated heterocycles. The lowest BCUT2D eigenvalue weighted by atomic mass is 10.1. The Hall–Kier alpha value is -2.90. The summed E-state index contributed by atoms with van der Waals surface area (Å²) in [6, 6.07) is 15.6. The number of para-hydroxylation sites is 1. The van der Waals surface area contributed by atoms with Gasteiger partial charge >= 0.3 is 6.03 Å². The minimum atomic E-state index is -0.585. The highest BCUT2D eigenvalue weighted by Crippen LogP contribution is 2.12. The number of aliphatic hydroxyl groups excluding tert-OH is 1. The zero-order chi connectivity index (χ0) is 18.8. The maximum Gasteiger partial charge on any atom is 0.322 e. The Morgan fingerprint density at radius 2 is 1.65 bits per heavy atom. The van der Waals surface area contributed by atoms with Crippen LogP contribution in [0.4, 0.5) is 10.5 Å². The monoisotopic (exact) mass is 357 g/mol. The van der Waals surface area contributed by atoms with Crippen LogP contribution < -0.4 is 10.8 Å². The number of carbonyl (C=O) groups is 2. The van der Waals surface area contributed by atoms with Gasteiger partial charge in [0.15, 0.2) is 0 Å². The highest BCUT2D eigenvalue weighted by atomic mass is 16.5. The van der Waals surface area contributed by atoms with Gasteiger partial charge in [-0.1, -0.05) is 30.3 Å². The molecular formula is C19H23N3O4. The zero-order valence-corrected chi connectivity index (χ0v) is 14.4. The molecule has 26 heavy (non-hydrogen) atoms. The summed E-state index contributed by atoms with van der Waals surface area (Å²) in [7, 11) is 0. The average Bonchev–Trinajstić information content (AvgIpc) is 2.68. The van der Waals surface area contributed by atoms with Crippen molar-refractivity contribution in [1.82, 2.24) is 10.4 Å². The topological polar surface area (TPSA) is 102 Å². The predicted molar refractivity (Wildman–Crippen MR) is 97.9 cm³/mol. The second kappa shape index (κ2) is 10.2. The van der Waals surface area contributed by atoms with Gasteiger partial charge in [-0.25, -0.2) is 10.3 Å². The molecule has 138 valence electrons. The third-order valence-corrected chi connectivity index (χ3v) is 3.84. The van der Waals surface area contributed by atoms with Crippen molar-refractivity contribution in [1.29, 1.82) is 0 Å². The second-order valence-electron chi connectivity index (χ2n) is 5.79. The van der Waals surface area contributed by atoms with E-state index in [-0.39, 0.29) is 12.6 Å². The first-order valence-corrected chi connectivity index (χ1v) is 8.39. The number of nitrogens with zero attached hydrogens (tertiary/aromatic N) is 1. The predicted octanol–water partition coefficient (Wildman–Crippen LogP) is 2.61. The number of anilines is 1. The molecule has 2 aromatic carbocycles. The van der Waals surface area contributed by atoms with Crippen LogP contribution in [-0.2, 0) is 6.54 Å². The standard InChI is InChI=1S/C19H23N3O4/c23-13-5-4-12-22(19(25)20-17-6-2-1-3-7-17)14-15-8-10-16(11-9-15)18(24)21-26/h1-3,6-11,23,26H,4-5,12-14H2,(H,20,25)(H,21,24). The van der Waals surface area contributed by atoms with Crippen LogP contribution in [-0.4, -0.2) is 40.3 Å². The largest absolute Gasteiger partial charge is 0.396 e. The van der Waals surface area contributed by atoms with Crippen molar-refractivity contribution in [3.8, 4) is 0 Å². The first-order valence-electron chi connectivity index (χ1n) is 8.39. The first-order chi connectivity index (χ1) is 12.6. The molecule has 0 heterocycles. The van der Waals surface area contributed by atoms with Gasteiger partial charge in [0.2, 0.25) is 0 Å². The summed E-state index contributed by atoms with van der Waals surface area (Å²) in [5.74, 6) is -0.585. The number of hydrogen-bond acceptors (Lipinski definition) is 4. The maximum absolute atomic E-state index is 12.6. The molecule has 2 aromatic rings. The lowest BCUT2D eigenvalue weighted by molar-refractivity contribution is 0.0706. The Balaban J connectivity index is 2.05. The summed E-state index contributed by atoms with van der Waals surface area (Å²) in [5.41, 5.74) is 3.48. The molecule has 0 saturated carbocycles. The number of rotatable bonds is 8. The molecule has 0 fully saturated rings. The molecule has 4 N–H and O–H groups in total. The van der Waals surface area contributed by atoms with Crippen LogP contribution in [0.2, 0.25) is 0 Å². The zero-order valence-electron chi connectivity index (χ0n) is 14.4. The van der Waals surface area contributed by atoms with Gasteiger partial charge in [0.1, 0.15) is 0 Å². The highest BCUT2D eigenvalue weighted by Gasteiger charge is 2.14. The quantitative estimate of drug-likeness (QED) is 0.331. The van der Waals surface area contributed by atoms with Crippen LogP contribution in [0.25, 0.3) is 0 Å². The Morgan fingerprint density at radius 1 is 0.962 bits per heavy atom. The fourth-order valence-corrected chi connectivity index (χ4v) is 2.44. The lowest BCUT2D eigenvalue weighted by Gasteiger charge is -2.23. The molecule has 0 unspecified atom stereocenters. The van der Waals surface area contributed by atoms with Crippen LogP contribution in [0.5, 0.6) is 0 Å². The lowest BCUT2D eigenvalue weighted by Crippen LogP contribution is -2.35. The van der Waals surface area contributed by atoms with E-state index >= 15 is 0 Å². The number of aliphatic hydroxyl groups is 1. The van der Waals surface area contributed by atoms with Crippen molar-refractivity contribution in [3.05, 3.63) is 65.7 Å². The molecule has 3 amide bonds. The number of unbranched alkanes of at least 4 members (excludes halogenated alkanes) is 1. The highest BCUT2D eigenvalue weighted by molar-refractivity contribution is 5.93. The normalized spacial score (nSPS) is 10.2. The van der Waals surface area contributed by atoms with Crippen molar-refractivity contribution in [2.24, 2.45) is 0 Å². The molecule has 0 aliphatic carbocycles. The van der Waals surface area contributed by atoms with Gasteiger partial charge in [0.25, 0.3) is 5.91 Å². The minimum absolute atomic E-state index is 0.0825. The van der Waals surface area contributed by atoms with Crippen LogP contribution in [0, 0.1) is 0 Å². The van der Waals surface area contributed by atoms with Gasteiger partial charge in [-0.2, -0.15) is 0 Å². The number of benzene rings is 2. The fourth-order valence-electron chi connectivity index (χ4n) is 2.44. The molecule has 0 spiro atoms. The van der Waals surface area contributed by atoms with Crippen molar-refractivity contribution in [3.63, 3.8) is 0 Å². The van der Waals surface area contributed by atoms with Gasteiger partial charge in [0, 0.05) is 30.9 Å². The number of nitrogens with one attached hydrogen (secondary N) is 2. The Bertz CT molecular complexity index is 704. The van der Waals surface area contributed by atoms with Gasteiger partial charge in [-0.3, -0.25) is 10.0 Å². The summed E-state index contributed by atoms with van der Waals surface area (Å²) in [4.78, 5) is 25.6. The molecule has 7 heteroatoms. The van der Waals surface area contributed by atoms with E-state index in [4.69, 9.17) is 10.3 Å². The number of amides is 3. The fraction of sp³-hybridized carbons (Fsp3) is 0.263. The minimum Gasteiger partial charge on any atom is -0.396 e. The molecular weight excluding hydrogens is 334 g/mol. The van der Waals surface area contributed by atoms with Crippen molar-refractivity contribution in [2.75, 3.05) is 18.5 Å². The Morgan fingerprint density at radius 3 is 2.27 bits per heavy atom. The van der Waals surface area contributed by atoms with E-state index in [1.807, 2.05) is 30.3 Å². The number of hydroxylamine groups is 1. The molecule has 0 aliphatic heterocycles. The first kappa shape index (κ1) is 19.4. The van der Waals surface area contributed by atoms with E-state index in [1.165, 1.54) is 0 Å². The number of carbonyl (C=O) groups excluding carboxylic acids is 2. The smallest absolute Gasteiger partial charge is 0.322 e. The van der Waals surface area contributed by atoms with Crippen molar-refractivity contribution in [2.45, 2.75) is 19.4 Å². The average molecular weight is 357 g/mol. The van der Waals surface area contributed by atoms with Gasteiger partial charge in [-0.15, -0.1) is 0 Å². The third kappa shape index (κ3) is 5.87. The van der Waals surface area contributed by atoms with E-state index < -0.39 is 5.91 Å². The van der Waals surface area contributed by atoms with E-state index in [0.29, 0.717) is 37.2 Å². The molecule has 0 radical (unpaired) electrons. The summed E-state index contributed by atoms with van der Waals surface area (Å²) in [6.07, 6.45) is 1.30. The molecule has 0 aliphatic rings. The number of hydrogen-bond donors (Lipinski definition) is 4. The van der Waals surface area contributed by atoms with Crippen molar-refractivity contribution >= 4 is 17.6 Å². The van der Waals surface area contributed by atoms with Gasteiger partial charge in [0.05, 0.1) is 0 Å². The van der Waals surface area contributed by atoms with E-state index in [1.54, 1.807) is 34.6 Å². The molecule has 0 aromatic heterocycles. The Kier molecular flexibility index (Phi) is 7.60. The van der Waals surface area contributed by atoms with E-state index in [9.17, 15) is 9.59 Å². The van der Waals surface area contributed by atoms with E-state index in [0.717, 1.165) is 5.56 Å². The summed E-state index contributed by atoms with van der Waals surface area (Å²) < 4.78 is 0. The third-order valence-electron chi connectivity index (χ3n) is 3.84. The summed E-state index contributed by atoms with van der Waals surface area (Å²) in [6.45, 7) is 0.947. The second-order valence-corrected chi connectivity index (χ2v) is 5.79. The number of urea groups is 1. The molecule has 0 bridgehead atoms. The molecule has 7 nitrogen and oxygen atoms in total. The Labute approximate surface area is 152 Å². The van der Waals surface area contributed by atoms with Crippen molar-refractivity contribution < 1.29 is 19.9 Å². The summed E-state index contributed by atoms with van der Waals surface area (Å²) >= 11 is 0. The van der Waals surface area contributed by atoms with Crippen LogP contribution in [0.3, 0.4) is 0 Å². The van der Waals surface area contributed by atoms with Crippen LogP contribution >= 0.6 is 0 Å². The maximum atomic E-state index is 12.6. The molecule has 2 rings (SSSR count). The van der Waals surface area contributed by atoms with Gasteiger partial charge < -0.3 is 15.3 Å². The van der Waals surface area contributed by atoms with Crippen LogP contribution in [0.15, 0.2) is 54.6 Å². The van der Waals surface area contributed by atoms with E-state index in [2.05, 4.69) is 5.32 Å². The SMILES string of the molecule is O=C(NO)c1ccc(CN(CCCCO)C(=O)Nc2ccccc2)cc1.